The molecule has 12 rings (SSSR count). The van der Waals surface area contributed by atoms with E-state index in [0.29, 0.717) is 17.1 Å². The minimum atomic E-state index is -5.01. The number of carboxylic acids is 3. The maximum atomic E-state index is 13.1. The molecule has 61 heteroatoms. The van der Waals surface area contributed by atoms with Gasteiger partial charge in [-0.2, -0.15) is 70.2 Å². The highest BCUT2D eigenvalue weighted by atomic mass is 32.2. The molecule has 0 aromatic carbocycles. The van der Waals surface area contributed by atoms with Gasteiger partial charge in [-0.3, -0.25) is 42.4 Å². The zero-order chi connectivity index (χ0) is 81.2. The number of nitrogen functional groups attached to an aromatic ring is 3. The molecule has 0 spiro atoms. The standard InChI is InChI=1S/2C17H21N11O8S2.C16H19N9O8S2/c2*18-15(19)21-3-7-4-22-27(25-7)5-9-11(13(30)28(9)38(33,34)35)24-12(29)10(8-6-37-16(20)23-8)26-36-17(1-2-17)14(31)32;17-3-7-4-19-24(22-7)5-9-11(13(27)25(9)35(30,31)32)21-12(26)10(8-6-34-15(18)20-8)23-33-16(1-2-16)14(28)29/h2*4,6,9,11H,1-3,5H2,(H2,20,23)(H,24,29)(H,31,32)(H4,18,19,21)(H,33,34,35);4,6,9,11H,1-3,5,17H2,(H2,18,20)(H,21,26)(H,28,29)(H,30,31,32)/b26-10+;26-10-;23-10-/t3*9-,11+/m111/s1. The van der Waals surface area contributed by atoms with Crippen molar-refractivity contribution >= 4 is 163 Å². The Labute approximate surface area is 631 Å². The van der Waals surface area contributed by atoms with E-state index >= 15 is 0 Å². The molecule has 25 N–H and O–H groups in total. The van der Waals surface area contributed by atoms with Crippen molar-refractivity contribution in [3.63, 3.8) is 0 Å². The molecule has 6 aromatic heterocycles. The van der Waals surface area contributed by atoms with Gasteiger partial charge in [-0.15, -0.1) is 34.0 Å². The van der Waals surface area contributed by atoms with Crippen molar-refractivity contribution in [2.75, 3.05) is 17.2 Å². The van der Waals surface area contributed by atoms with Crippen LogP contribution in [0.5, 0.6) is 0 Å². The van der Waals surface area contributed by atoms with E-state index in [1.54, 1.807) is 0 Å². The molecule has 6 aromatic rings. The van der Waals surface area contributed by atoms with Crippen LogP contribution in [0, 0.1) is 0 Å². The second-order valence-corrected chi connectivity index (χ2v) is 30.5. The van der Waals surface area contributed by atoms with Crippen LogP contribution in [0.25, 0.3) is 0 Å². The van der Waals surface area contributed by atoms with Gasteiger partial charge in [0.25, 0.3) is 35.4 Å². The van der Waals surface area contributed by atoms with E-state index in [4.69, 9.17) is 60.4 Å². The molecular formula is C50H61N31O24S6. The largest absolute Gasteiger partial charge is 0.478 e. The second kappa shape index (κ2) is 31.7. The minimum absolute atomic E-state index is 0.0253. The number of hydrogen-bond donors (Lipinski definition) is 17. The average Bonchev–Trinajstić information content (AvgIpc) is 1.47. The third-order valence-electron chi connectivity index (χ3n) is 16.1. The highest BCUT2D eigenvalue weighted by Crippen LogP contribution is 2.42. The van der Waals surface area contributed by atoms with Crippen LogP contribution in [0.2, 0.25) is 0 Å². The average molecular weight is 1670 g/mol. The Morgan fingerprint density at radius 1 is 0.477 bits per heavy atom. The van der Waals surface area contributed by atoms with Crippen molar-refractivity contribution in [2.45, 2.75) is 131 Å². The van der Waals surface area contributed by atoms with E-state index in [1.807, 2.05) is 0 Å². The molecule has 55 nitrogen and oxygen atoms in total. The zero-order valence-corrected chi connectivity index (χ0v) is 60.9. The number of oxime groups is 3. The lowest BCUT2D eigenvalue weighted by Crippen LogP contribution is -2.73. The van der Waals surface area contributed by atoms with Crippen LogP contribution < -0.4 is 61.8 Å². The smallest absolute Gasteiger partial charge is 0.362 e. The van der Waals surface area contributed by atoms with Crippen LogP contribution in [0.4, 0.5) is 15.4 Å². The Morgan fingerprint density at radius 3 is 0.946 bits per heavy atom. The fourth-order valence-electron chi connectivity index (χ4n) is 9.97. The monoisotopic (exact) mass is 1670 g/mol. The van der Waals surface area contributed by atoms with Crippen LogP contribution >= 0.6 is 34.0 Å². The number of aliphatic imine (C=N–C) groups is 2. The van der Waals surface area contributed by atoms with E-state index in [1.165, 1.54) is 34.7 Å². The number of rotatable bonds is 32. The van der Waals surface area contributed by atoms with E-state index in [9.17, 15) is 97.4 Å². The Bertz CT molecular complexity index is 4980. The van der Waals surface area contributed by atoms with Crippen molar-refractivity contribution in [2.24, 2.45) is 54.1 Å². The Kier molecular flexibility index (Phi) is 23.1. The number of aromatic nitrogens is 12. The third kappa shape index (κ3) is 18.7. The van der Waals surface area contributed by atoms with Gasteiger partial charge in [0.05, 0.1) is 57.0 Å². The first kappa shape index (κ1) is 81.1. The van der Waals surface area contributed by atoms with Gasteiger partial charge in [0.1, 0.15) is 64.7 Å². The predicted molar refractivity (Wildman–Crippen MR) is 371 cm³/mol. The van der Waals surface area contributed by atoms with Gasteiger partial charge in [-0.1, -0.05) is 15.5 Å². The van der Waals surface area contributed by atoms with Crippen LogP contribution in [0.3, 0.4) is 0 Å². The second-order valence-electron chi connectivity index (χ2n) is 24.0. The molecule has 0 bridgehead atoms. The number of nitrogens with one attached hydrogen (secondary N) is 3. The predicted octanol–water partition coefficient (Wildman–Crippen LogP) is -9.43. The number of nitrogens with zero attached hydrogens (tertiary/aromatic N) is 20. The molecule has 6 atom stereocenters. The molecule has 111 heavy (non-hydrogen) atoms. The van der Waals surface area contributed by atoms with Crippen LogP contribution in [0.15, 0.2) is 60.2 Å². The number of aliphatic carboxylic acids is 3. The van der Waals surface area contributed by atoms with Gasteiger partial charge < -0.3 is 91.7 Å². The van der Waals surface area contributed by atoms with E-state index < -0.39 is 154 Å². The SMILES string of the molecule is NC(N)=NCc1cnn(C[C@@H]2[C@H](NC(=O)/C(=N/OC3(C(=O)O)CC3)c3csc(N)n3)C(=O)N2S(=O)(=O)O)n1.NC(N)=NCc1cnn(C[C@@H]2[C@H](NC(=O)/C(=N\OC3(C(=O)O)CC3)c3csc(N)n3)C(=O)N2S(=O)(=O)O)n1.NCc1cnn(C[C@@H]2[C@H](NC(=O)/C(=N\OC3(C(=O)O)CC3)c3csc(N)n3)C(=O)N2S(=O)(=O)O)n1. The van der Waals surface area contributed by atoms with E-state index in [2.05, 4.69) is 86.9 Å². The maximum absolute atomic E-state index is 13.1. The summed E-state index contributed by atoms with van der Waals surface area (Å²) in [5.74, 6) is -10.7. The minimum Gasteiger partial charge on any atom is -0.478 e. The van der Waals surface area contributed by atoms with Gasteiger partial charge in [-0.25, -0.2) is 52.2 Å². The van der Waals surface area contributed by atoms with Crippen molar-refractivity contribution in [3.8, 4) is 0 Å². The maximum Gasteiger partial charge on any atom is 0.362 e. The molecule has 6 amide bonds. The lowest BCUT2D eigenvalue weighted by atomic mass is 9.98. The molecular weight excluding hydrogens is 1610 g/mol. The van der Waals surface area contributed by atoms with E-state index in [0.717, 1.165) is 48.4 Å². The molecule has 0 radical (unpaired) electrons. The summed E-state index contributed by atoms with van der Waals surface area (Å²) in [7, 11) is -15.0. The lowest BCUT2D eigenvalue weighted by molar-refractivity contribution is -0.154. The third-order valence-corrected chi connectivity index (χ3v) is 21.0. The molecule has 596 valence electrons. The summed E-state index contributed by atoms with van der Waals surface area (Å²) in [5.41, 5.74) is 38.0. The molecule has 3 aliphatic heterocycles. The number of hydrogen-bond acceptors (Lipinski definition) is 39. The summed E-state index contributed by atoms with van der Waals surface area (Å²) >= 11 is 2.89. The summed E-state index contributed by atoms with van der Waals surface area (Å²) in [6, 6.07) is -8.38. The lowest BCUT2D eigenvalue weighted by Gasteiger charge is -2.43. The molecule has 3 aliphatic carbocycles. The number of guanidine groups is 2. The number of thiazole rings is 3. The Hall–Kier alpha value is -12.4. The van der Waals surface area contributed by atoms with Gasteiger partial charge in [0, 0.05) is 61.2 Å². The summed E-state index contributed by atoms with van der Waals surface area (Å²) in [6.45, 7) is -1.05. The van der Waals surface area contributed by atoms with Gasteiger partial charge in [-0.05, 0) is 0 Å². The fraction of sp³-hybridized carbons (Fsp3) is 0.420. The van der Waals surface area contributed by atoms with Crippen molar-refractivity contribution < 1.29 is 112 Å². The van der Waals surface area contributed by atoms with Crippen LogP contribution in [-0.4, -0.2) is 263 Å². The highest BCUT2D eigenvalue weighted by molar-refractivity contribution is 7.84. The van der Waals surface area contributed by atoms with Crippen molar-refractivity contribution in [1.82, 2.24) is 88.8 Å². The molecule has 3 saturated carbocycles. The van der Waals surface area contributed by atoms with Crippen LogP contribution in [0.1, 0.15) is 72.7 Å². The fourth-order valence-corrected chi connectivity index (χ4v) is 14.2. The van der Waals surface area contributed by atoms with Crippen molar-refractivity contribution in [1.29, 1.82) is 0 Å². The number of β-lactam (4-membered cyclic amide) rings is 3. The summed E-state index contributed by atoms with van der Waals surface area (Å²) < 4.78 is 99.7. The number of anilines is 3. The Morgan fingerprint density at radius 2 is 0.739 bits per heavy atom. The topological polar surface area (TPSA) is 852 Å². The molecule has 6 aliphatic rings. The molecule has 3 saturated heterocycles. The first-order chi connectivity index (χ1) is 52.1. The number of carboxylic acid groups (broad SMARTS) is 3. The summed E-state index contributed by atoms with van der Waals surface area (Å²) in [6.07, 6.45) is 4.91. The normalized spacial score (nSPS) is 20.7. The number of carbonyl (C=O) groups is 9. The summed E-state index contributed by atoms with van der Waals surface area (Å²) in [4.78, 5) is 149. The van der Waals surface area contributed by atoms with Gasteiger partial charge in [0.2, 0.25) is 16.8 Å². The van der Waals surface area contributed by atoms with Crippen LogP contribution in [-0.2, 0) is 128 Å². The first-order valence-electron chi connectivity index (χ1n) is 31.0. The van der Waals surface area contributed by atoms with Gasteiger partial charge >= 0.3 is 48.8 Å². The number of nitrogens with two attached hydrogens (primary N) is 8. The zero-order valence-electron chi connectivity index (χ0n) is 56.0. The Balaban J connectivity index is 0.000000177. The first-order valence-corrected chi connectivity index (χ1v) is 37.8. The number of amides is 6. The van der Waals surface area contributed by atoms with E-state index in [-0.39, 0.29) is 135 Å². The highest BCUT2D eigenvalue weighted by Gasteiger charge is 2.60. The number of carbonyl (C=O) groups excluding carboxylic acids is 6. The quantitative estimate of drug-likeness (QED) is 0.00613. The molecule has 0 unspecified atom stereocenters. The van der Waals surface area contributed by atoms with Crippen molar-refractivity contribution in [3.05, 3.63) is 68.9 Å². The molecule has 6 fully saturated rings. The molecule has 9 heterocycles. The summed E-state index contributed by atoms with van der Waals surface area (Å²) in [5, 5.41) is 74.1. The van der Waals surface area contributed by atoms with Gasteiger partial charge in [0.15, 0.2) is 44.4 Å².